The van der Waals surface area contributed by atoms with Gasteiger partial charge in [-0.2, -0.15) is 26.3 Å². The van der Waals surface area contributed by atoms with Crippen molar-refractivity contribution in [3.63, 3.8) is 0 Å². The SMILES string of the molecule is CCCCCC(=O)NS(=O)(=O)c1ccccc1NC(=O)c1ccc(-c2nc(-c3cc(C(F)(F)F)cc(C(F)(F)F)c3)cs2)nc1. The molecule has 0 unspecified atom stereocenters. The van der Waals surface area contributed by atoms with E-state index in [0.717, 1.165) is 30.4 Å². The zero-order valence-corrected chi connectivity index (χ0v) is 24.9. The van der Waals surface area contributed by atoms with Gasteiger partial charge in [0, 0.05) is 23.6 Å². The summed E-state index contributed by atoms with van der Waals surface area (Å²) in [7, 11) is -4.30. The Hall–Kier alpha value is -4.31. The highest BCUT2D eigenvalue weighted by molar-refractivity contribution is 7.90. The Morgan fingerprint density at radius 2 is 1.56 bits per heavy atom. The maximum atomic E-state index is 13.3. The molecule has 8 nitrogen and oxygen atoms in total. The van der Waals surface area contributed by atoms with Crippen LogP contribution in [0.25, 0.3) is 22.0 Å². The Balaban J connectivity index is 1.52. The molecule has 2 N–H and O–H groups in total. The number of para-hydroxylation sites is 1. The maximum absolute atomic E-state index is 13.3. The second-order valence-electron chi connectivity index (χ2n) is 9.70. The Morgan fingerprint density at radius 1 is 0.889 bits per heavy atom. The second kappa shape index (κ2) is 13.4. The van der Waals surface area contributed by atoms with E-state index in [1.165, 1.54) is 41.8 Å². The molecule has 238 valence electrons. The van der Waals surface area contributed by atoms with Gasteiger partial charge in [0.1, 0.15) is 9.90 Å². The Bertz CT molecular complexity index is 1770. The third-order valence-corrected chi connectivity index (χ3v) is 8.61. The molecule has 2 aromatic carbocycles. The number of carbonyl (C=O) groups excluding carboxylic acids is 2. The highest BCUT2D eigenvalue weighted by Gasteiger charge is 2.37. The number of anilines is 1. The summed E-state index contributed by atoms with van der Waals surface area (Å²) >= 11 is 0.919. The van der Waals surface area contributed by atoms with Crippen LogP contribution in [0.5, 0.6) is 0 Å². The number of amides is 2. The lowest BCUT2D eigenvalue weighted by atomic mass is 10.0. The fourth-order valence-corrected chi connectivity index (χ4v) is 6.05. The highest BCUT2D eigenvalue weighted by atomic mass is 32.2. The average Bonchev–Trinajstić information content (AvgIpc) is 3.47. The number of benzene rings is 2. The highest BCUT2D eigenvalue weighted by Crippen LogP contribution is 2.39. The summed E-state index contributed by atoms with van der Waals surface area (Å²) in [6.45, 7) is 1.94. The van der Waals surface area contributed by atoms with Crippen molar-refractivity contribution in [2.45, 2.75) is 49.9 Å². The molecular weight excluding hydrogens is 646 g/mol. The summed E-state index contributed by atoms with van der Waals surface area (Å²) in [5.41, 5.74) is -3.38. The van der Waals surface area contributed by atoms with Crippen LogP contribution in [0.4, 0.5) is 32.0 Å². The van der Waals surface area contributed by atoms with Crippen molar-refractivity contribution in [2.75, 3.05) is 5.32 Å². The number of halogens is 6. The minimum atomic E-state index is -5.01. The van der Waals surface area contributed by atoms with Crippen LogP contribution in [-0.2, 0) is 27.2 Å². The molecule has 0 aliphatic carbocycles. The van der Waals surface area contributed by atoms with Gasteiger partial charge in [-0.3, -0.25) is 14.6 Å². The number of nitrogens with one attached hydrogen (secondary N) is 2. The summed E-state index contributed by atoms with van der Waals surface area (Å²) < 4.78 is 107. The predicted molar refractivity (Wildman–Crippen MR) is 155 cm³/mol. The van der Waals surface area contributed by atoms with Crippen LogP contribution in [0, 0.1) is 0 Å². The zero-order chi connectivity index (χ0) is 33.0. The molecule has 0 saturated heterocycles. The second-order valence-corrected chi connectivity index (χ2v) is 12.2. The Labute approximate surface area is 257 Å². The van der Waals surface area contributed by atoms with Gasteiger partial charge in [-0.1, -0.05) is 31.9 Å². The summed E-state index contributed by atoms with van der Waals surface area (Å²) in [5, 5.41) is 3.92. The number of hydrogen-bond donors (Lipinski definition) is 2. The minimum Gasteiger partial charge on any atom is -0.321 e. The molecule has 0 fully saturated rings. The van der Waals surface area contributed by atoms with Crippen LogP contribution in [0.1, 0.15) is 54.1 Å². The van der Waals surface area contributed by atoms with E-state index in [2.05, 4.69) is 15.3 Å². The van der Waals surface area contributed by atoms with Gasteiger partial charge in [0.2, 0.25) is 5.91 Å². The van der Waals surface area contributed by atoms with Gasteiger partial charge in [0.15, 0.2) is 0 Å². The van der Waals surface area contributed by atoms with Crippen molar-refractivity contribution in [2.24, 2.45) is 0 Å². The van der Waals surface area contributed by atoms with E-state index in [9.17, 15) is 44.3 Å². The van der Waals surface area contributed by atoms with Gasteiger partial charge in [0.05, 0.1) is 33.8 Å². The lowest BCUT2D eigenvalue weighted by molar-refractivity contribution is -0.143. The van der Waals surface area contributed by atoms with E-state index in [-0.39, 0.29) is 50.6 Å². The van der Waals surface area contributed by atoms with Crippen LogP contribution in [-0.4, -0.2) is 30.2 Å². The first-order chi connectivity index (χ1) is 21.1. The van der Waals surface area contributed by atoms with Crippen LogP contribution in [0.2, 0.25) is 0 Å². The third kappa shape index (κ3) is 8.45. The topological polar surface area (TPSA) is 118 Å². The predicted octanol–water partition coefficient (Wildman–Crippen LogP) is 7.55. The maximum Gasteiger partial charge on any atom is 0.416 e. The van der Waals surface area contributed by atoms with Gasteiger partial charge in [0.25, 0.3) is 15.9 Å². The number of nitrogens with zero attached hydrogens (tertiary/aromatic N) is 2. The number of alkyl halides is 6. The van der Waals surface area contributed by atoms with Crippen LogP contribution in [0.15, 0.2) is 71.1 Å². The molecule has 0 saturated carbocycles. The van der Waals surface area contributed by atoms with Crippen molar-refractivity contribution >= 4 is 38.9 Å². The van der Waals surface area contributed by atoms with Crippen molar-refractivity contribution in [3.05, 3.63) is 82.9 Å². The first-order valence-electron chi connectivity index (χ1n) is 13.3. The van der Waals surface area contributed by atoms with E-state index >= 15 is 0 Å². The standard InChI is InChI=1S/C29H24F6N4O4S2/c1-2-3-4-9-25(40)39-45(42,43)24-8-6-5-7-21(24)37-26(41)17-10-11-22(36-15-17)27-38-23(16-44-27)18-12-19(28(30,31)32)14-20(13-18)29(33,34)35/h5-8,10-16H,2-4,9H2,1H3,(H,37,41)(H,39,40). The van der Waals surface area contributed by atoms with E-state index in [1.54, 1.807) is 0 Å². The molecule has 2 amide bonds. The zero-order valence-electron chi connectivity index (χ0n) is 23.3. The fourth-order valence-electron chi connectivity index (χ4n) is 4.07. The minimum absolute atomic E-state index is 0.000899. The van der Waals surface area contributed by atoms with Gasteiger partial charge in [-0.15, -0.1) is 11.3 Å². The molecule has 45 heavy (non-hydrogen) atoms. The number of unbranched alkanes of at least 4 members (excludes halogenated alkanes) is 2. The number of thiazole rings is 1. The molecule has 0 spiro atoms. The average molecular weight is 671 g/mol. The largest absolute Gasteiger partial charge is 0.416 e. The van der Waals surface area contributed by atoms with E-state index in [1.807, 2.05) is 11.6 Å². The van der Waals surface area contributed by atoms with Crippen molar-refractivity contribution in [3.8, 4) is 22.0 Å². The third-order valence-electron chi connectivity index (χ3n) is 6.31. The van der Waals surface area contributed by atoms with Gasteiger partial charge in [-0.25, -0.2) is 18.1 Å². The number of pyridine rings is 1. The molecule has 16 heteroatoms. The molecule has 4 aromatic rings. The molecule has 0 radical (unpaired) electrons. The summed E-state index contributed by atoms with van der Waals surface area (Å²) in [5.74, 6) is -1.42. The monoisotopic (exact) mass is 670 g/mol. The van der Waals surface area contributed by atoms with Crippen molar-refractivity contribution < 1.29 is 44.3 Å². The van der Waals surface area contributed by atoms with Crippen LogP contribution >= 0.6 is 11.3 Å². The van der Waals surface area contributed by atoms with Gasteiger partial charge < -0.3 is 5.32 Å². The van der Waals surface area contributed by atoms with E-state index in [4.69, 9.17) is 0 Å². The number of aromatic nitrogens is 2. The summed E-state index contributed by atoms with van der Waals surface area (Å²) in [6, 6.07) is 9.35. The quantitative estimate of drug-likeness (QED) is 0.133. The normalized spacial score (nSPS) is 12.2. The van der Waals surface area contributed by atoms with Crippen molar-refractivity contribution in [1.29, 1.82) is 0 Å². The van der Waals surface area contributed by atoms with Crippen LogP contribution in [0.3, 0.4) is 0 Å². The number of rotatable bonds is 10. The van der Waals surface area contributed by atoms with Gasteiger partial charge in [-0.05, 0) is 48.9 Å². The molecular formula is C29H24F6N4O4S2. The lowest BCUT2D eigenvalue weighted by Crippen LogP contribution is -2.31. The molecule has 0 atom stereocenters. The first-order valence-corrected chi connectivity index (χ1v) is 15.6. The van der Waals surface area contributed by atoms with Gasteiger partial charge >= 0.3 is 12.4 Å². The van der Waals surface area contributed by atoms with E-state index in [0.29, 0.717) is 18.6 Å². The number of hydrogen-bond acceptors (Lipinski definition) is 7. The van der Waals surface area contributed by atoms with Crippen LogP contribution < -0.4 is 10.0 Å². The first kappa shape index (κ1) is 33.6. The summed E-state index contributed by atoms with van der Waals surface area (Å²) in [4.78, 5) is 33.0. The molecule has 2 aromatic heterocycles. The summed E-state index contributed by atoms with van der Waals surface area (Å²) in [6.07, 6.45) is -6.73. The number of sulfonamides is 1. The molecule has 0 bridgehead atoms. The van der Waals surface area contributed by atoms with Crippen molar-refractivity contribution in [1.82, 2.24) is 14.7 Å². The number of carbonyl (C=O) groups is 2. The molecule has 4 rings (SSSR count). The smallest absolute Gasteiger partial charge is 0.321 e. The van der Waals surface area contributed by atoms with E-state index < -0.39 is 45.3 Å². The molecule has 0 aliphatic rings. The Morgan fingerprint density at radius 3 is 2.16 bits per heavy atom. The molecule has 2 heterocycles. The fraction of sp³-hybridized carbons (Fsp3) is 0.241. The Kier molecular flexibility index (Phi) is 9.97. The molecule has 0 aliphatic heterocycles. The lowest BCUT2D eigenvalue weighted by Gasteiger charge is -2.13.